The molecule has 0 atom stereocenters. The molecule has 1 aliphatic heterocycles. The van der Waals surface area contributed by atoms with Crippen molar-refractivity contribution in [3.05, 3.63) is 29.3 Å². The highest BCUT2D eigenvalue weighted by molar-refractivity contribution is 6.32. The van der Waals surface area contributed by atoms with Crippen molar-refractivity contribution < 1.29 is 9.47 Å². The van der Waals surface area contributed by atoms with Gasteiger partial charge in [-0.05, 0) is 12.1 Å². The van der Waals surface area contributed by atoms with Gasteiger partial charge in [0.1, 0.15) is 5.75 Å². The molecule has 1 aromatic carbocycles. The van der Waals surface area contributed by atoms with E-state index >= 15 is 0 Å². The number of halogens is 1. The fourth-order valence-corrected chi connectivity index (χ4v) is 2.11. The summed E-state index contributed by atoms with van der Waals surface area (Å²) >= 11 is 6.05. The number of aromatic nitrogens is 3. The molecule has 7 nitrogen and oxygen atoms in total. The lowest BCUT2D eigenvalue weighted by atomic mass is 10.3. The maximum absolute atomic E-state index is 6.05. The van der Waals surface area contributed by atoms with Crippen molar-refractivity contribution in [2.75, 3.05) is 36.9 Å². The van der Waals surface area contributed by atoms with Gasteiger partial charge in [0.15, 0.2) is 0 Å². The van der Waals surface area contributed by atoms with Gasteiger partial charge in [-0.2, -0.15) is 15.0 Å². The van der Waals surface area contributed by atoms with E-state index in [1.807, 2.05) is 17.0 Å². The standard InChI is InChI=1S/C13H14ClN5O2/c14-9-3-1-2-4-10(9)21-13-17-11(15)16-12(18-13)19-5-7-20-8-6-19/h1-4H,5-8H2,(H2,15,16,17,18). The molecule has 21 heavy (non-hydrogen) atoms. The Hall–Kier alpha value is -2.12. The van der Waals surface area contributed by atoms with Crippen LogP contribution in [0.25, 0.3) is 0 Å². The third-order valence-corrected chi connectivity index (χ3v) is 3.26. The molecule has 1 fully saturated rings. The molecule has 2 N–H and O–H groups in total. The molecule has 8 heteroatoms. The van der Waals surface area contributed by atoms with E-state index in [4.69, 9.17) is 26.8 Å². The van der Waals surface area contributed by atoms with Crippen molar-refractivity contribution in [1.29, 1.82) is 0 Å². The largest absolute Gasteiger partial charge is 0.423 e. The summed E-state index contributed by atoms with van der Waals surface area (Å²) in [6, 6.07) is 7.21. The molecule has 1 saturated heterocycles. The third-order valence-electron chi connectivity index (χ3n) is 2.95. The van der Waals surface area contributed by atoms with Crippen LogP contribution >= 0.6 is 11.6 Å². The minimum atomic E-state index is 0.105. The van der Waals surface area contributed by atoms with Crippen molar-refractivity contribution in [1.82, 2.24) is 15.0 Å². The minimum absolute atomic E-state index is 0.105. The molecule has 2 heterocycles. The lowest BCUT2D eigenvalue weighted by Crippen LogP contribution is -2.37. The number of nitrogen functional groups attached to an aromatic ring is 1. The first-order valence-corrected chi connectivity index (χ1v) is 6.87. The van der Waals surface area contributed by atoms with Gasteiger partial charge in [-0.1, -0.05) is 23.7 Å². The number of para-hydroxylation sites is 1. The molecule has 1 aliphatic rings. The van der Waals surface area contributed by atoms with Crippen molar-refractivity contribution in [2.24, 2.45) is 0 Å². The molecule has 1 aromatic heterocycles. The third kappa shape index (κ3) is 3.32. The van der Waals surface area contributed by atoms with Crippen LogP contribution in [0, 0.1) is 0 Å². The van der Waals surface area contributed by atoms with Gasteiger partial charge in [-0.3, -0.25) is 0 Å². The zero-order valence-corrected chi connectivity index (χ0v) is 12.0. The van der Waals surface area contributed by atoms with Gasteiger partial charge in [0.05, 0.1) is 18.2 Å². The Morgan fingerprint density at radius 2 is 1.90 bits per heavy atom. The molecular weight excluding hydrogens is 294 g/mol. The molecular formula is C13H14ClN5O2. The van der Waals surface area contributed by atoms with Gasteiger partial charge >= 0.3 is 6.01 Å². The summed E-state index contributed by atoms with van der Waals surface area (Å²) in [5.74, 6) is 1.05. The maximum atomic E-state index is 6.05. The van der Waals surface area contributed by atoms with Crippen LogP contribution in [0.2, 0.25) is 5.02 Å². The predicted octanol–water partition coefficient (Wildman–Crippen LogP) is 1.74. The van der Waals surface area contributed by atoms with E-state index in [0.717, 1.165) is 0 Å². The molecule has 0 aliphatic carbocycles. The van der Waals surface area contributed by atoms with E-state index in [0.29, 0.717) is 43.0 Å². The number of anilines is 2. The number of rotatable bonds is 3. The fourth-order valence-electron chi connectivity index (χ4n) is 1.94. The zero-order chi connectivity index (χ0) is 14.7. The summed E-state index contributed by atoms with van der Waals surface area (Å²) in [5, 5.41) is 0.476. The van der Waals surface area contributed by atoms with Crippen LogP contribution in [-0.2, 0) is 4.74 Å². The number of hydrogen-bond donors (Lipinski definition) is 1. The second-order valence-electron chi connectivity index (χ2n) is 4.41. The highest BCUT2D eigenvalue weighted by atomic mass is 35.5. The highest BCUT2D eigenvalue weighted by Gasteiger charge is 2.17. The van der Waals surface area contributed by atoms with Crippen LogP contribution in [0.4, 0.5) is 11.9 Å². The van der Waals surface area contributed by atoms with E-state index < -0.39 is 0 Å². The van der Waals surface area contributed by atoms with Crippen LogP contribution in [-0.4, -0.2) is 41.3 Å². The van der Waals surface area contributed by atoms with Gasteiger partial charge in [-0.25, -0.2) is 0 Å². The number of hydrogen-bond acceptors (Lipinski definition) is 7. The predicted molar refractivity (Wildman–Crippen MR) is 78.8 cm³/mol. The van der Waals surface area contributed by atoms with Crippen LogP contribution in [0.15, 0.2) is 24.3 Å². The first kappa shape index (κ1) is 13.8. The summed E-state index contributed by atoms with van der Waals surface area (Å²) in [6.45, 7) is 2.67. The molecule has 0 saturated carbocycles. The number of nitrogens with two attached hydrogens (primary N) is 1. The van der Waals surface area contributed by atoms with Gasteiger partial charge in [-0.15, -0.1) is 0 Å². The lowest BCUT2D eigenvalue weighted by Gasteiger charge is -2.26. The molecule has 0 bridgehead atoms. The summed E-state index contributed by atoms with van der Waals surface area (Å²) in [7, 11) is 0. The van der Waals surface area contributed by atoms with E-state index in [1.165, 1.54) is 0 Å². The summed E-state index contributed by atoms with van der Waals surface area (Å²) in [6.07, 6.45) is 0. The normalized spacial score (nSPS) is 15.0. The first-order valence-electron chi connectivity index (χ1n) is 6.49. The summed E-state index contributed by atoms with van der Waals surface area (Å²) in [5.41, 5.74) is 5.72. The molecule has 3 rings (SSSR count). The summed E-state index contributed by atoms with van der Waals surface area (Å²) in [4.78, 5) is 14.4. The van der Waals surface area contributed by atoms with Crippen LogP contribution in [0.5, 0.6) is 11.8 Å². The Balaban J connectivity index is 1.85. The zero-order valence-electron chi connectivity index (χ0n) is 11.2. The van der Waals surface area contributed by atoms with E-state index in [1.54, 1.807) is 12.1 Å². The maximum Gasteiger partial charge on any atom is 0.328 e. The number of nitrogens with zero attached hydrogens (tertiary/aromatic N) is 4. The van der Waals surface area contributed by atoms with Crippen molar-refractivity contribution >= 4 is 23.5 Å². The van der Waals surface area contributed by atoms with Crippen LogP contribution in [0.1, 0.15) is 0 Å². The highest BCUT2D eigenvalue weighted by Crippen LogP contribution is 2.27. The number of morpholine rings is 1. The smallest absolute Gasteiger partial charge is 0.328 e. The van der Waals surface area contributed by atoms with Gasteiger partial charge < -0.3 is 20.1 Å². The molecule has 0 amide bonds. The van der Waals surface area contributed by atoms with Gasteiger partial charge in [0, 0.05) is 13.1 Å². The van der Waals surface area contributed by atoms with Crippen LogP contribution < -0.4 is 15.4 Å². The second kappa shape index (κ2) is 6.11. The number of ether oxygens (including phenoxy) is 2. The quantitative estimate of drug-likeness (QED) is 0.924. The monoisotopic (exact) mass is 307 g/mol. The molecule has 0 unspecified atom stereocenters. The van der Waals surface area contributed by atoms with E-state index in [9.17, 15) is 0 Å². The topological polar surface area (TPSA) is 86.4 Å². The van der Waals surface area contributed by atoms with Crippen molar-refractivity contribution in [2.45, 2.75) is 0 Å². The van der Waals surface area contributed by atoms with E-state index in [-0.39, 0.29) is 12.0 Å². The fraction of sp³-hybridized carbons (Fsp3) is 0.308. The molecule has 2 aromatic rings. The van der Waals surface area contributed by atoms with E-state index in [2.05, 4.69) is 15.0 Å². The molecule has 0 radical (unpaired) electrons. The van der Waals surface area contributed by atoms with Crippen LogP contribution in [0.3, 0.4) is 0 Å². The van der Waals surface area contributed by atoms with Gasteiger partial charge in [0.2, 0.25) is 11.9 Å². The van der Waals surface area contributed by atoms with Crippen molar-refractivity contribution in [3.63, 3.8) is 0 Å². The minimum Gasteiger partial charge on any atom is -0.423 e. The molecule has 110 valence electrons. The Bertz CT molecular complexity index is 634. The Morgan fingerprint density at radius 1 is 1.14 bits per heavy atom. The Labute approximate surface area is 126 Å². The number of benzene rings is 1. The average Bonchev–Trinajstić information content (AvgIpc) is 2.50. The summed E-state index contributed by atoms with van der Waals surface area (Å²) < 4.78 is 10.9. The van der Waals surface area contributed by atoms with Gasteiger partial charge in [0.25, 0.3) is 0 Å². The SMILES string of the molecule is Nc1nc(Oc2ccccc2Cl)nc(N2CCOCC2)n1. The average molecular weight is 308 g/mol. The Kier molecular flexibility index (Phi) is 4.03. The second-order valence-corrected chi connectivity index (χ2v) is 4.82. The Morgan fingerprint density at radius 3 is 2.67 bits per heavy atom. The lowest BCUT2D eigenvalue weighted by molar-refractivity contribution is 0.122. The van der Waals surface area contributed by atoms with Crippen molar-refractivity contribution in [3.8, 4) is 11.8 Å². The molecule has 0 spiro atoms. The first-order chi connectivity index (χ1) is 10.2.